The number of carboxylic acids is 1. The first-order valence-corrected chi connectivity index (χ1v) is 6.86. The maximum absolute atomic E-state index is 12.2. The van der Waals surface area contributed by atoms with Crippen LogP contribution in [0.25, 0.3) is 0 Å². The maximum Gasteiger partial charge on any atom is 0.323 e. The molecule has 20 heavy (non-hydrogen) atoms. The smallest absolute Gasteiger partial charge is 0.323 e. The van der Waals surface area contributed by atoms with Crippen molar-refractivity contribution in [2.75, 3.05) is 13.1 Å². The number of hydrogen-bond donors (Lipinski definition) is 2. The number of amides is 1. The molecule has 1 aliphatic rings. The molecule has 0 aromatic heterocycles. The molecule has 1 aliphatic carbocycles. The molecule has 0 aliphatic heterocycles. The second-order valence-corrected chi connectivity index (χ2v) is 5.33. The monoisotopic (exact) mass is 276 g/mol. The molecule has 1 aromatic rings. The minimum absolute atomic E-state index is 0.143. The van der Waals surface area contributed by atoms with E-state index in [0.717, 1.165) is 18.4 Å². The number of carbonyl (C=O) groups is 2. The number of aliphatic carboxylic acids is 1. The zero-order chi connectivity index (χ0) is 14.5. The van der Waals surface area contributed by atoms with E-state index in [2.05, 4.69) is 0 Å². The van der Waals surface area contributed by atoms with E-state index in [1.807, 2.05) is 30.3 Å². The number of hydrogen-bond acceptors (Lipinski definition) is 3. The van der Waals surface area contributed by atoms with Gasteiger partial charge in [0.15, 0.2) is 0 Å². The van der Waals surface area contributed by atoms with Crippen LogP contribution in [0.3, 0.4) is 0 Å². The molecule has 5 nitrogen and oxygen atoms in total. The lowest BCUT2D eigenvalue weighted by molar-refractivity contribution is -0.144. The molecule has 0 spiro atoms. The van der Waals surface area contributed by atoms with E-state index in [1.165, 1.54) is 4.90 Å². The zero-order valence-electron chi connectivity index (χ0n) is 11.4. The van der Waals surface area contributed by atoms with Gasteiger partial charge in [0.1, 0.15) is 6.54 Å². The first kappa shape index (κ1) is 14.5. The zero-order valence-corrected chi connectivity index (χ0v) is 11.4. The number of carbonyl (C=O) groups excluding carboxylic acids is 1. The summed E-state index contributed by atoms with van der Waals surface area (Å²) in [5, 5.41) is 8.89. The van der Waals surface area contributed by atoms with Gasteiger partial charge in [0.05, 0.1) is 0 Å². The highest BCUT2D eigenvalue weighted by atomic mass is 16.4. The Morgan fingerprint density at radius 2 is 1.95 bits per heavy atom. The van der Waals surface area contributed by atoms with Crippen LogP contribution in [-0.4, -0.2) is 35.0 Å². The summed E-state index contributed by atoms with van der Waals surface area (Å²) in [5.41, 5.74) is 6.91. The third kappa shape index (κ3) is 4.35. The van der Waals surface area contributed by atoms with Crippen LogP contribution in [0.2, 0.25) is 0 Å². The molecule has 0 saturated heterocycles. The van der Waals surface area contributed by atoms with Gasteiger partial charge in [-0.3, -0.25) is 9.59 Å². The molecule has 1 aromatic carbocycles. The highest BCUT2D eigenvalue weighted by Gasteiger charge is 2.28. The van der Waals surface area contributed by atoms with E-state index in [9.17, 15) is 9.59 Å². The third-order valence-electron chi connectivity index (χ3n) is 3.48. The summed E-state index contributed by atoms with van der Waals surface area (Å²) in [4.78, 5) is 24.5. The van der Waals surface area contributed by atoms with E-state index in [0.29, 0.717) is 12.5 Å². The molecule has 5 heteroatoms. The topological polar surface area (TPSA) is 83.6 Å². The molecule has 0 heterocycles. The van der Waals surface area contributed by atoms with Crippen molar-refractivity contribution in [1.29, 1.82) is 0 Å². The molecule has 1 unspecified atom stereocenters. The Morgan fingerprint density at radius 3 is 2.50 bits per heavy atom. The first-order chi connectivity index (χ1) is 9.56. The van der Waals surface area contributed by atoms with Crippen molar-refractivity contribution in [2.24, 2.45) is 11.7 Å². The lowest BCUT2D eigenvalue weighted by Gasteiger charge is -2.22. The highest BCUT2D eigenvalue weighted by Crippen LogP contribution is 2.30. The van der Waals surface area contributed by atoms with Gasteiger partial charge in [-0.1, -0.05) is 30.3 Å². The Labute approximate surface area is 118 Å². The van der Waals surface area contributed by atoms with Crippen LogP contribution in [0, 0.1) is 5.92 Å². The second-order valence-electron chi connectivity index (χ2n) is 5.33. The molecule has 1 fully saturated rings. The SMILES string of the molecule is NC(CC(=O)N(CC(=O)O)CC1CC1)c1ccccc1. The number of rotatable bonds is 7. The number of nitrogens with zero attached hydrogens (tertiary/aromatic N) is 1. The average molecular weight is 276 g/mol. The maximum atomic E-state index is 12.2. The number of nitrogens with two attached hydrogens (primary N) is 1. The summed E-state index contributed by atoms with van der Waals surface area (Å²) >= 11 is 0. The van der Waals surface area contributed by atoms with Crippen molar-refractivity contribution >= 4 is 11.9 Å². The van der Waals surface area contributed by atoms with Crippen molar-refractivity contribution < 1.29 is 14.7 Å². The van der Waals surface area contributed by atoms with Crippen LogP contribution in [0.5, 0.6) is 0 Å². The van der Waals surface area contributed by atoms with Gasteiger partial charge in [-0.05, 0) is 24.3 Å². The minimum Gasteiger partial charge on any atom is -0.480 e. The Balaban J connectivity index is 1.94. The van der Waals surface area contributed by atoms with Gasteiger partial charge in [-0.15, -0.1) is 0 Å². The van der Waals surface area contributed by atoms with E-state index in [4.69, 9.17) is 10.8 Å². The molecule has 108 valence electrons. The van der Waals surface area contributed by atoms with Crippen LogP contribution < -0.4 is 5.73 Å². The fourth-order valence-corrected chi connectivity index (χ4v) is 2.17. The van der Waals surface area contributed by atoms with Crippen LogP contribution >= 0.6 is 0 Å². The molecular formula is C15H20N2O3. The lowest BCUT2D eigenvalue weighted by Crippen LogP contribution is -2.38. The van der Waals surface area contributed by atoms with Crippen LogP contribution in [-0.2, 0) is 9.59 Å². The van der Waals surface area contributed by atoms with Gasteiger partial charge in [0.25, 0.3) is 0 Å². The standard InChI is InChI=1S/C15H20N2O3/c16-13(12-4-2-1-3-5-12)8-14(18)17(10-15(19)20)9-11-6-7-11/h1-5,11,13H,6-10,16H2,(H,19,20). The summed E-state index contributed by atoms with van der Waals surface area (Å²) in [6.07, 6.45) is 2.30. The van der Waals surface area contributed by atoms with Gasteiger partial charge in [-0.2, -0.15) is 0 Å². The largest absolute Gasteiger partial charge is 0.480 e. The van der Waals surface area contributed by atoms with E-state index in [1.54, 1.807) is 0 Å². The van der Waals surface area contributed by atoms with Crippen molar-refractivity contribution in [2.45, 2.75) is 25.3 Å². The first-order valence-electron chi connectivity index (χ1n) is 6.86. The predicted molar refractivity (Wildman–Crippen MR) is 74.9 cm³/mol. The minimum atomic E-state index is -0.979. The molecule has 1 atom stereocenters. The van der Waals surface area contributed by atoms with Crippen molar-refractivity contribution in [1.82, 2.24) is 4.90 Å². The molecule has 2 rings (SSSR count). The quantitative estimate of drug-likeness (QED) is 0.788. The molecular weight excluding hydrogens is 256 g/mol. The summed E-state index contributed by atoms with van der Waals surface area (Å²) in [5.74, 6) is -0.700. The van der Waals surface area contributed by atoms with Gasteiger partial charge in [0.2, 0.25) is 5.91 Å². The summed E-state index contributed by atoms with van der Waals surface area (Å²) in [6, 6.07) is 9.00. The fraction of sp³-hybridized carbons (Fsp3) is 0.467. The molecule has 1 amide bonds. The predicted octanol–water partition coefficient (Wildman–Crippen LogP) is 1.40. The van der Waals surface area contributed by atoms with E-state index < -0.39 is 5.97 Å². The highest BCUT2D eigenvalue weighted by molar-refractivity contribution is 5.81. The summed E-state index contributed by atoms with van der Waals surface area (Å²) < 4.78 is 0. The molecule has 0 bridgehead atoms. The second kappa shape index (κ2) is 6.52. The lowest BCUT2D eigenvalue weighted by atomic mass is 10.0. The molecule has 0 radical (unpaired) electrons. The molecule has 1 saturated carbocycles. The van der Waals surface area contributed by atoms with E-state index in [-0.39, 0.29) is 24.9 Å². The Bertz CT molecular complexity index is 471. The van der Waals surface area contributed by atoms with Crippen molar-refractivity contribution in [3.05, 3.63) is 35.9 Å². The van der Waals surface area contributed by atoms with Gasteiger partial charge >= 0.3 is 5.97 Å². The number of carboxylic acid groups (broad SMARTS) is 1. The van der Waals surface area contributed by atoms with Crippen molar-refractivity contribution in [3.63, 3.8) is 0 Å². The fourth-order valence-electron chi connectivity index (χ4n) is 2.17. The summed E-state index contributed by atoms with van der Waals surface area (Å²) in [6.45, 7) is 0.295. The van der Waals surface area contributed by atoms with Crippen molar-refractivity contribution in [3.8, 4) is 0 Å². The van der Waals surface area contributed by atoms with E-state index >= 15 is 0 Å². The Morgan fingerprint density at radius 1 is 1.30 bits per heavy atom. The van der Waals surface area contributed by atoms with Gasteiger partial charge < -0.3 is 15.7 Å². The van der Waals surface area contributed by atoms with Crippen LogP contribution in [0.4, 0.5) is 0 Å². The van der Waals surface area contributed by atoms with Crippen LogP contribution in [0.1, 0.15) is 30.9 Å². The third-order valence-corrected chi connectivity index (χ3v) is 3.48. The van der Waals surface area contributed by atoms with Gasteiger partial charge in [-0.25, -0.2) is 0 Å². The normalized spacial score (nSPS) is 15.7. The van der Waals surface area contributed by atoms with Gasteiger partial charge in [0, 0.05) is 19.0 Å². The Kier molecular flexibility index (Phi) is 4.74. The summed E-state index contributed by atoms with van der Waals surface area (Å²) in [7, 11) is 0. The Hall–Kier alpha value is -1.88. The molecule has 3 N–H and O–H groups in total. The van der Waals surface area contributed by atoms with Crippen LogP contribution in [0.15, 0.2) is 30.3 Å². The average Bonchev–Trinajstić information content (AvgIpc) is 3.22. The number of benzene rings is 1.